The van der Waals surface area contributed by atoms with E-state index in [1.165, 1.54) is 32.1 Å². The van der Waals surface area contributed by atoms with Crippen LogP contribution in [-0.4, -0.2) is 0 Å². The van der Waals surface area contributed by atoms with Crippen LogP contribution >= 0.6 is 0 Å². The zero-order valence-corrected chi connectivity index (χ0v) is 9.84. The summed E-state index contributed by atoms with van der Waals surface area (Å²) in [5.74, 6) is 1.75. The third-order valence-electron chi connectivity index (χ3n) is 2.84. The molecule has 0 nitrogen and oxygen atoms in total. The number of hydrogen-bond acceptors (Lipinski definition) is 0. The predicted octanol–water partition coefficient (Wildman–Crippen LogP) is 4.81. The minimum atomic E-state index is 0.824. The van der Waals surface area contributed by atoms with Crippen LogP contribution in [0.2, 0.25) is 0 Å². The molecule has 0 saturated carbocycles. The Bertz CT molecular complexity index is 118. The fourth-order valence-corrected chi connectivity index (χ4v) is 2.19. The van der Waals surface area contributed by atoms with Crippen molar-refractivity contribution in [3.63, 3.8) is 0 Å². The second kappa shape index (κ2) is 8.34. The lowest BCUT2D eigenvalue weighted by atomic mass is 9.83. The molecule has 1 atom stereocenters. The largest absolute Gasteiger partial charge is 0.0914 e. The summed E-state index contributed by atoms with van der Waals surface area (Å²) in [4.78, 5) is 0. The maximum atomic E-state index is 2.40. The second-order valence-corrected chi connectivity index (χ2v) is 3.94. The van der Waals surface area contributed by atoms with E-state index in [9.17, 15) is 0 Å². The number of hydrogen-bond donors (Lipinski definition) is 0. The third-order valence-corrected chi connectivity index (χ3v) is 2.84. The Balaban J connectivity index is 4.10. The summed E-state index contributed by atoms with van der Waals surface area (Å²) < 4.78 is 0. The Morgan fingerprint density at radius 3 is 1.85 bits per heavy atom. The molecule has 0 aromatic heterocycles. The van der Waals surface area contributed by atoms with Gasteiger partial charge >= 0.3 is 0 Å². The van der Waals surface area contributed by atoms with Crippen LogP contribution in [0.3, 0.4) is 0 Å². The molecule has 0 aliphatic rings. The van der Waals surface area contributed by atoms with Crippen molar-refractivity contribution in [3.05, 3.63) is 12.2 Å². The van der Waals surface area contributed by atoms with Gasteiger partial charge in [0.2, 0.25) is 0 Å². The van der Waals surface area contributed by atoms with Crippen molar-refractivity contribution in [1.82, 2.24) is 0 Å². The van der Waals surface area contributed by atoms with E-state index < -0.39 is 0 Å². The molecule has 0 amide bonds. The standard InChI is InChI=1S/C13H26/c1-5-9-12(8-4)13(10-6-2)11-7-3/h5,9,12-13H,6-8,10-11H2,1-4H3/b9-5-. The Morgan fingerprint density at radius 1 is 1.00 bits per heavy atom. The molecule has 0 bridgehead atoms. The van der Waals surface area contributed by atoms with Crippen molar-refractivity contribution in [3.8, 4) is 0 Å². The molecule has 0 rings (SSSR count). The molecular formula is C13H26. The molecule has 0 aromatic carbocycles. The number of rotatable bonds is 7. The minimum Gasteiger partial charge on any atom is -0.0914 e. The average molecular weight is 182 g/mol. The summed E-state index contributed by atoms with van der Waals surface area (Å²) in [6.07, 6.45) is 11.4. The van der Waals surface area contributed by atoms with E-state index in [0.29, 0.717) is 0 Å². The van der Waals surface area contributed by atoms with E-state index in [4.69, 9.17) is 0 Å². The molecule has 0 heteroatoms. The van der Waals surface area contributed by atoms with Gasteiger partial charge in [-0.1, -0.05) is 58.6 Å². The van der Waals surface area contributed by atoms with E-state index in [0.717, 1.165) is 11.8 Å². The van der Waals surface area contributed by atoms with Crippen LogP contribution in [0.1, 0.15) is 59.8 Å². The van der Waals surface area contributed by atoms with Crippen LogP contribution in [0.4, 0.5) is 0 Å². The molecule has 13 heavy (non-hydrogen) atoms. The highest BCUT2D eigenvalue weighted by Gasteiger charge is 2.15. The topological polar surface area (TPSA) is 0 Å². The maximum absolute atomic E-state index is 2.40. The van der Waals surface area contributed by atoms with Gasteiger partial charge < -0.3 is 0 Å². The first-order valence-electron chi connectivity index (χ1n) is 5.92. The molecule has 0 aliphatic carbocycles. The van der Waals surface area contributed by atoms with Crippen LogP contribution in [0.15, 0.2) is 12.2 Å². The Morgan fingerprint density at radius 2 is 1.54 bits per heavy atom. The van der Waals surface area contributed by atoms with Crippen LogP contribution in [0, 0.1) is 11.8 Å². The summed E-state index contributed by atoms with van der Waals surface area (Å²) in [5.41, 5.74) is 0. The van der Waals surface area contributed by atoms with Crippen molar-refractivity contribution < 1.29 is 0 Å². The zero-order valence-electron chi connectivity index (χ0n) is 9.84. The van der Waals surface area contributed by atoms with Crippen LogP contribution in [-0.2, 0) is 0 Å². The van der Waals surface area contributed by atoms with Crippen LogP contribution in [0.25, 0.3) is 0 Å². The second-order valence-electron chi connectivity index (χ2n) is 3.94. The van der Waals surface area contributed by atoms with Gasteiger partial charge in [-0.2, -0.15) is 0 Å². The van der Waals surface area contributed by atoms with E-state index in [1.807, 2.05) is 0 Å². The van der Waals surface area contributed by atoms with E-state index in [-0.39, 0.29) is 0 Å². The quantitative estimate of drug-likeness (QED) is 0.496. The molecule has 0 fully saturated rings. The third kappa shape index (κ3) is 5.13. The molecule has 1 unspecified atom stereocenters. The molecule has 0 aromatic rings. The maximum Gasteiger partial charge on any atom is -0.0208 e. The first-order chi connectivity index (χ1) is 6.29. The molecule has 0 radical (unpaired) electrons. The highest BCUT2D eigenvalue weighted by atomic mass is 14.2. The van der Waals surface area contributed by atoms with Crippen molar-refractivity contribution in [2.45, 2.75) is 59.8 Å². The highest BCUT2D eigenvalue weighted by Crippen LogP contribution is 2.26. The smallest absolute Gasteiger partial charge is 0.0208 e. The lowest BCUT2D eigenvalue weighted by Crippen LogP contribution is -2.11. The Labute approximate surface area is 84.4 Å². The molecule has 0 saturated heterocycles. The fourth-order valence-electron chi connectivity index (χ4n) is 2.19. The van der Waals surface area contributed by atoms with Crippen LogP contribution < -0.4 is 0 Å². The van der Waals surface area contributed by atoms with E-state index in [2.05, 4.69) is 39.8 Å². The number of allylic oxidation sites excluding steroid dienone is 2. The molecule has 0 heterocycles. The van der Waals surface area contributed by atoms with Gasteiger partial charge in [0.15, 0.2) is 0 Å². The summed E-state index contributed by atoms with van der Waals surface area (Å²) >= 11 is 0. The molecular weight excluding hydrogens is 156 g/mol. The SMILES string of the molecule is C/C=C\C(CC)C(CCC)CCC. The predicted molar refractivity (Wildman–Crippen MR) is 61.9 cm³/mol. The van der Waals surface area contributed by atoms with Crippen molar-refractivity contribution in [1.29, 1.82) is 0 Å². The molecule has 0 spiro atoms. The van der Waals surface area contributed by atoms with Crippen molar-refractivity contribution in [2.24, 2.45) is 11.8 Å². The van der Waals surface area contributed by atoms with Gasteiger partial charge in [-0.15, -0.1) is 0 Å². The van der Waals surface area contributed by atoms with Gasteiger partial charge in [-0.3, -0.25) is 0 Å². The Kier molecular flexibility index (Phi) is 8.18. The van der Waals surface area contributed by atoms with Gasteiger partial charge in [0.05, 0.1) is 0 Å². The summed E-state index contributed by atoms with van der Waals surface area (Å²) in [6, 6.07) is 0. The lowest BCUT2D eigenvalue weighted by Gasteiger charge is -2.22. The summed E-state index contributed by atoms with van der Waals surface area (Å²) in [7, 11) is 0. The normalized spacial score (nSPS) is 14.2. The molecule has 0 N–H and O–H groups in total. The van der Waals surface area contributed by atoms with Gasteiger partial charge in [0.25, 0.3) is 0 Å². The monoisotopic (exact) mass is 182 g/mol. The minimum absolute atomic E-state index is 0.824. The average Bonchev–Trinajstić information content (AvgIpc) is 2.14. The van der Waals surface area contributed by atoms with Gasteiger partial charge in [-0.05, 0) is 25.2 Å². The first-order valence-corrected chi connectivity index (χ1v) is 5.92. The lowest BCUT2D eigenvalue weighted by molar-refractivity contribution is 0.332. The highest BCUT2D eigenvalue weighted by molar-refractivity contribution is 4.88. The van der Waals surface area contributed by atoms with E-state index in [1.54, 1.807) is 0 Å². The summed E-state index contributed by atoms with van der Waals surface area (Å²) in [6.45, 7) is 9.04. The first kappa shape index (κ1) is 12.7. The van der Waals surface area contributed by atoms with Crippen LogP contribution in [0.5, 0.6) is 0 Å². The van der Waals surface area contributed by atoms with Crippen molar-refractivity contribution >= 4 is 0 Å². The molecule has 78 valence electrons. The molecule has 0 aliphatic heterocycles. The summed E-state index contributed by atoms with van der Waals surface area (Å²) in [5, 5.41) is 0. The van der Waals surface area contributed by atoms with Gasteiger partial charge in [0, 0.05) is 0 Å². The fraction of sp³-hybridized carbons (Fsp3) is 0.846. The Hall–Kier alpha value is -0.260. The van der Waals surface area contributed by atoms with Gasteiger partial charge in [-0.25, -0.2) is 0 Å². The van der Waals surface area contributed by atoms with Crippen molar-refractivity contribution in [2.75, 3.05) is 0 Å². The zero-order chi connectivity index (χ0) is 10.1. The van der Waals surface area contributed by atoms with E-state index >= 15 is 0 Å². The van der Waals surface area contributed by atoms with Gasteiger partial charge in [0.1, 0.15) is 0 Å².